The molecule has 1 aliphatic rings. The van der Waals surface area contributed by atoms with Gasteiger partial charge in [0.2, 0.25) is 10.0 Å². The molecule has 0 spiro atoms. The Bertz CT molecular complexity index is 893. The number of nitriles is 1. The van der Waals surface area contributed by atoms with E-state index in [1.165, 1.54) is 16.4 Å². The minimum Gasteiger partial charge on any atom is -0.371 e. The van der Waals surface area contributed by atoms with E-state index >= 15 is 0 Å². The summed E-state index contributed by atoms with van der Waals surface area (Å²) >= 11 is 6.00. The van der Waals surface area contributed by atoms with Crippen molar-refractivity contribution in [2.45, 2.75) is 11.0 Å². The first-order valence-corrected chi connectivity index (χ1v) is 9.20. The van der Waals surface area contributed by atoms with Crippen LogP contribution in [0.1, 0.15) is 17.2 Å². The molecule has 1 unspecified atom stereocenters. The first-order chi connectivity index (χ1) is 11.5. The molecule has 0 N–H and O–H groups in total. The number of halogens is 1. The normalized spacial score (nSPS) is 18.9. The van der Waals surface area contributed by atoms with Gasteiger partial charge in [0.25, 0.3) is 0 Å². The summed E-state index contributed by atoms with van der Waals surface area (Å²) in [6.45, 7) is 0.715. The third-order valence-corrected chi connectivity index (χ3v) is 6.03. The zero-order valence-corrected chi connectivity index (χ0v) is 14.3. The highest BCUT2D eigenvalue weighted by molar-refractivity contribution is 7.89. The number of hydrogen-bond donors (Lipinski definition) is 0. The quantitative estimate of drug-likeness (QED) is 0.841. The van der Waals surface area contributed by atoms with Gasteiger partial charge < -0.3 is 4.74 Å². The smallest absolute Gasteiger partial charge is 0.244 e. The third-order valence-electron chi connectivity index (χ3n) is 3.87. The number of hydrogen-bond acceptors (Lipinski definition) is 4. The van der Waals surface area contributed by atoms with E-state index in [9.17, 15) is 8.42 Å². The number of ether oxygens (including phenoxy) is 1. The Morgan fingerprint density at radius 3 is 2.75 bits per heavy atom. The highest BCUT2D eigenvalue weighted by Crippen LogP contribution is 2.28. The molecule has 1 aliphatic heterocycles. The number of benzene rings is 2. The molecule has 24 heavy (non-hydrogen) atoms. The Balaban J connectivity index is 1.90. The van der Waals surface area contributed by atoms with Gasteiger partial charge in [-0.15, -0.1) is 0 Å². The molecule has 0 radical (unpaired) electrons. The maximum atomic E-state index is 12.9. The Morgan fingerprint density at radius 2 is 2.00 bits per heavy atom. The maximum absolute atomic E-state index is 12.9. The molecule has 124 valence electrons. The monoisotopic (exact) mass is 362 g/mol. The van der Waals surface area contributed by atoms with E-state index in [0.29, 0.717) is 5.02 Å². The summed E-state index contributed by atoms with van der Waals surface area (Å²) in [7, 11) is -3.76. The molecule has 1 atom stereocenters. The maximum Gasteiger partial charge on any atom is 0.244 e. The van der Waals surface area contributed by atoms with Crippen LogP contribution in [0, 0.1) is 11.3 Å². The molecule has 1 saturated heterocycles. The Kier molecular flexibility index (Phi) is 4.88. The molecular weight excluding hydrogens is 348 g/mol. The van der Waals surface area contributed by atoms with Crippen LogP contribution in [-0.4, -0.2) is 32.4 Å². The lowest BCUT2D eigenvalue weighted by atomic mass is 10.1. The lowest BCUT2D eigenvalue weighted by Gasteiger charge is -2.32. The highest BCUT2D eigenvalue weighted by atomic mass is 35.5. The van der Waals surface area contributed by atoms with Crippen molar-refractivity contribution in [1.82, 2.24) is 4.31 Å². The molecule has 1 heterocycles. The van der Waals surface area contributed by atoms with Gasteiger partial charge >= 0.3 is 0 Å². The molecule has 0 amide bonds. The summed E-state index contributed by atoms with van der Waals surface area (Å²) < 4.78 is 32.9. The summed E-state index contributed by atoms with van der Waals surface area (Å²) in [5.74, 6) is 0. The molecular formula is C17H15ClN2O3S. The van der Waals surface area contributed by atoms with Crippen LogP contribution in [-0.2, 0) is 14.8 Å². The van der Waals surface area contributed by atoms with Gasteiger partial charge in [0.1, 0.15) is 6.07 Å². The predicted octanol–water partition coefficient (Wildman–Crippen LogP) is 2.97. The minimum atomic E-state index is -3.76. The lowest BCUT2D eigenvalue weighted by Crippen LogP contribution is -2.42. The van der Waals surface area contributed by atoms with Crippen LogP contribution >= 0.6 is 11.6 Å². The fourth-order valence-electron chi connectivity index (χ4n) is 2.68. The Labute approximate surface area is 146 Å². The zero-order chi connectivity index (χ0) is 17.2. The average molecular weight is 363 g/mol. The summed E-state index contributed by atoms with van der Waals surface area (Å²) in [5, 5.41) is 9.74. The van der Waals surface area contributed by atoms with Crippen molar-refractivity contribution in [2.24, 2.45) is 0 Å². The number of sulfonamides is 1. The molecule has 0 aliphatic carbocycles. The van der Waals surface area contributed by atoms with E-state index in [1.54, 1.807) is 30.3 Å². The van der Waals surface area contributed by atoms with Crippen molar-refractivity contribution in [3.63, 3.8) is 0 Å². The summed E-state index contributed by atoms with van der Waals surface area (Å²) in [5.41, 5.74) is 0.972. The van der Waals surface area contributed by atoms with Crippen molar-refractivity contribution in [1.29, 1.82) is 5.26 Å². The van der Waals surface area contributed by atoms with Gasteiger partial charge in [-0.2, -0.15) is 9.57 Å². The molecule has 0 aromatic heterocycles. The van der Waals surface area contributed by atoms with Crippen LogP contribution in [0.4, 0.5) is 0 Å². The number of morpholine rings is 1. The van der Waals surface area contributed by atoms with E-state index in [0.717, 1.165) is 5.56 Å². The number of rotatable bonds is 3. The summed E-state index contributed by atoms with van der Waals surface area (Å²) in [6, 6.07) is 15.3. The van der Waals surface area contributed by atoms with E-state index in [1.807, 2.05) is 12.1 Å². The van der Waals surface area contributed by atoms with Crippen molar-refractivity contribution in [3.05, 3.63) is 64.7 Å². The second-order valence-electron chi connectivity index (χ2n) is 5.39. The van der Waals surface area contributed by atoms with Gasteiger partial charge in [-0.3, -0.25) is 0 Å². The van der Waals surface area contributed by atoms with Gasteiger partial charge in [0.05, 0.1) is 23.2 Å². The fourth-order valence-corrected chi connectivity index (χ4v) is 4.44. The second kappa shape index (κ2) is 6.91. The Morgan fingerprint density at radius 1 is 1.21 bits per heavy atom. The van der Waals surface area contributed by atoms with Gasteiger partial charge in [0, 0.05) is 18.1 Å². The van der Waals surface area contributed by atoms with E-state index < -0.39 is 10.0 Å². The van der Waals surface area contributed by atoms with Crippen LogP contribution in [0.15, 0.2) is 53.4 Å². The molecule has 0 bridgehead atoms. The molecule has 0 saturated carbocycles. The Hall–Kier alpha value is -1.91. The largest absolute Gasteiger partial charge is 0.371 e. The van der Waals surface area contributed by atoms with Crippen molar-refractivity contribution >= 4 is 21.6 Å². The van der Waals surface area contributed by atoms with Crippen LogP contribution in [0.3, 0.4) is 0 Å². The van der Waals surface area contributed by atoms with Crippen molar-refractivity contribution < 1.29 is 13.2 Å². The molecule has 3 rings (SSSR count). The van der Waals surface area contributed by atoms with Crippen molar-refractivity contribution in [3.8, 4) is 6.07 Å². The topological polar surface area (TPSA) is 70.4 Å². The van der Waals surface area contributed by atoms with E-state index in [-0.39, 0.29) is 36.3 Å². The molecule has 2 aromatic rings. The molecule has 2 aromatic carbocycles. The standard InChI is InChI=1S/C17H15ClN2O3S/c18-15-6-3-5-13(10-15)16-12-20(8-9-23-16)24(21,22)17-7-2-1-4-14(17)11-19/h1-7,10,16H,8-9,12H2. The van der Waals surface area contributed by atoms with Gasteiger partial charge in [-0.1, -0.05) is 35.9 Å². The van der Waals surface area contributed by atoms with Crippen LogP contribution < -0.4 is 0 Å². The summed E-state index contributed by atoms with van der Waals surface area (Å²) in [4.78, 5) is 0.0271. The SMILES string of the molecule is N#Cc1ccccc1S(=O)(=O)N1CCOC(c2cccc(Cl)c2)C1. The first kappa shape index (κ1) is 16.9. The highest BCUT2D eigenvalue weighted by Gasteiger charge is 2.32. The van der Waals surface area contributed by atoms with Gasteiger partial charge in [-0.25, -0.2) is 8.42 Å². The lowest BCUT2D eigenvalue weighted by molar-refractivity contribution is -0.00255. The van der Waals surface area contributed by atoms with Crippen molar-refractivity contribution in [2.75, 3.05) is 19.7 Å². The molecule has 7 heteroatoms. The van der Waals surface area contributed by atoms with Crippen LogP contribution in [0.2, 0.25) is 5.02 Å². The average Bonchev–Trinajstić information content (AvgIpc) is 2.62. The molecule has 1 fully saturated rings. The van der Waals surface area contributed by atoms with E-state index in [2.05, 4.69) is 0 Å². The number of nitrogens with zero attached hydrogens (tertiary/aromatic N) is 2. The van der Waals surface area contributed by atoms with Crippen LogP contribution in [0.5, 0.6) is 0 Å². The fraction of sp³-hybridized carbons (Fsp3) is 0.235. The van der Waals surface area contributed by atoms with Crippen LogP contribution in [0.25, 0.3) is 0 Å². The summed E-state index contributed by atoms with van der Waals surface area (Å²) in [6.07, 6.45) is -0.388. The predicted molar refractivity (Wildman–Crippen MR) is 90.1 cm³/mol. The van der Waals surface area contributed by atoms with Gasteiger partial charge in [-0.05, 0) is 29.8 Å². The zero-order valence-electron chi connectivity index (χ0n) is 12.7. The second-order valence-corrected chi connectivity index (χ2v) is 7.73. The van der Waals surface area contributed by atoms with E-state index in [4.69, 9.17) is 21.6 Å². The molecule has 5 nitrogen and oxygen atoms in total. The minimum absolute atomic E-state index is 0.0271. The first-order valence-electron chi connectivity index (χ1n) is 7.39. The van der Waals surface area contributed by atoms with Gasteiger partial charge in [0.15, 0.2) is 0 Å². The third kappa shape index (κ3) is 3.30.